The van der Waals surface area contributed by atoms with Crippen LogP contribution in [-0.4, -0.2) is 58.5 Å². The summed E-state index contributed by atoms with van der Waals surface area (Å²) in [6.07, 6.45) is 3.36. The van der Waals surface area contributed by atoms with Crippen molar-refractivity contribution >= 4 is 17.7 Å². The van der Waals surface area contributed by atoms with Crippen LogP contribution in [0.1, 0.15) is 38.1 Å². The molecule has 27 heavy (non-hydrogen) atoms. The third-order valence-corrected chi connectivity index (χ3v) is 5.94. The molecule has 2 heterocycles. The summed E-state index contributed by atoms with van der Waals surface area (Å²) in [5.41, 5.74) is 0.803. The zero-order valence-corrected chi connectivity index (χ0v) is 16.9. The first-order chi connectivity index (χ1) is 13.0. The van der Waals surface area contributed by atoms with Gasteiger partial charge in [0.05, 0.1) is 19.8 Å². The molecule has 1 aliphatic heterocycles. The lowest BCUT2D eigenvalue weighted by Gasteiger charge is -2.26. The summed E-state index contributed by atoms with van der Waals surface area (Å²) in [6.45, 7) is 3.76. The van der Waals surface area contributed by atoms with Crippen LogP contribution in [0.15, 0.2) is 29.4 Å². The molecule has 0 saturated carbocycles. The van der Waals surface area contributed by atoms with Crippen LogP contribution in [0, 0.1) is 5.82 Å². The van der Waals surface area contributed by atoms with Gasteiger partial charge in [-0.1, -0.05) is 11.8 Å². The van der Waals surface area contributed by atoms with Gasteiger partial charge in [-0.05, 0) is 50.5 Å². The molecule has 3 rings (SSSR count). The number of carbonyl (C=O) groups is 1. The second kappa shape index (κ2) is 8.84. The Hall–Kier alpha value is -1.93. The van der Waals surface area contributed by atoms with Crippen molar-refractivity contribution in [3.05, 3.63) is 35.9 Å². The molecule has 0 aliphatic carbocycles. The van der Waals surface area contributed by atoms with Crippen LogP contribution in [0.25, 0.3) is 5.69 Å². The van der Waals surface area contributed by atoms with Gasteiger partial charge >= 0.3 is 0 Å². The number of thioether (sulfide) groups is 1. The Labute approximate surface area is 163 Å². The molecule has 1 fully saturated rings. The van der Waals surface area contributed by atoms with E-state index in [4.69, 9.17) is 0 Å². The fourth-order valence-electron chi connectivity index (χ4n) is 3.11. The van der Waals surface area contributed by atoms with Gasteiger partial charge in [0.1, 0.15) is 11.9 Å². The summed E-state index contributed by atoms with van der Waals surface area (Å²) in [7, 11) is 4.11. The van der Waals surface area contributed by atoms with E-state index in [0.29, 0.717) is 10.9 Å². The second-order valence-electron chi connectivity index (χ2n) is 7.18. The molecule has 1 saturated heterocycles. The van der Waals surface area contributed by atoms with Gasteiger partial charge in [0.25, 0.3) is 0 Å². The van der Waals surface area contributed by atoms with E-state index in [-0.39, 0.29) is 17.8 Å². The van der Waals surface area contributed by atoms with Crippen LogP contribution in [0.5, 0.6) is 0 Å². The fourth-order valence-corrected chi connectivity index (χ4v) is 3.97. The molecule has 1 atom stereocenters. The molecule has 1 N–H and O–H groups in total. The van der Waals surface area contributed by atoms with E-state index in [2.05, 4.69) is 31.2 Å². The minimum atomic E-state index is -0.283. The van der Waals surface area contributed by atoms with Crippen LogP contribution >= 0.6 is 11.8 Å². The highest BCUT2D eigenvalue weighted by Crippen LogP contribution is 2.25. The Morgan fingerprint density at radius 1 is 1.19 bits per heavy atom. The molecule has 0 spiro atoms. The van der Waals surface area contributed by atoms with Crippen molar-refractivity contribution in [2.24, 2.45) is 0 Å². The summed E-state index contributed by atoms with van der Waals surface area (Å²) in [5.74, 6) is 0.993. The molecule has 0 unspecified atom stereocenters. The minimum Gasteiger partial charge on any atom is -0.342 e. The predicted octanol–water partition coefficient (Wildman–Crippen LogP) is 1.72. The average Bonchev–Trinajstić information content (AvgIpc) is 3.10. The zero-order chi connectivity index (χ0) is 19.4. The van der Waals surface area contributed by atoms with E-state index in [1.807, 2.05) is 9.47 Å². The number of aromatic nitrogens is 3. The lowest BCUT2D eigenvalue weighted by Crippen LogP contribution is -3.05. The highest BCUT2D eigenvalue weighted by molar-refractivity contribution is 7.99. The van der Waals surface area contributed by atoms with Crippen LogP contribution in [0.2, 0.25) is 0 Å². The number of carbonyl (C=O) groups excluding carboxylic acids is 1. The Bertz CT molecular complexity index is 771. The topological polar surface area (TPSA) is 55.5 Å². The minimum absolute atomic E-state index is 0.106. The van der Waals surface area contributed by atoms with Gasteiger partial charge in [-0.3, -0.25) is 9.36 Å². The summed E-state index contributed by atoms with van der Waals surface area (Å²) >= 11 is 1.39. The lowest BCUT2D eigenvalue weighted by molar-refractivity contribution is -0.890. The molecular formula is C19H27FN5OS+. The monoisotopic (exact) mass is 392 g/mol. The van der Waals surface area contributed by atoms with E-state index in [0.717, 1.165) is 37.4 Å². The predicted molar refractivity (Wildman–Crippen MR) is 104 cm³/mol. The van der Waals surface area contributed by atoms with E-state index in [9.17, 15) is 9.18 Å². The summed E-state index contributed by atoms with van der Waals surface area (Å²) in [4.78, 5) is 15.7. The molecule has 1 aromatic carbocycles. The number of hydrogen-bond donors (Lipinski definition) is 1. The highest BCUT2D eigenvalue weighted by Gasteiger charge is 2.24. The van der Waals surface area contributed by atoms with Crippen molar-refractivity contribution in [3.8, 4) is 5.69 Å². The van der Waals surface area contributed by atoms with Gasteiger partial charge in [0.15, 0.2) is 11.0 Å². The number of quaternary nitrogens is 1. The molecule has 0 radical (unpaired) electrons. The first kappa shape index (κ1) is 19.8. The summed E-state index contributed by atoms with van der Waals surface area (Å²) in [5, 5.41) is 9.37. The van der Waals surface area contributed by atoms with Crippen molar-refractivity contribution in [1.82, 2.24) is 19.7 Å². The number of likely N-dealkylation sites (tertiary alicyclic amines) is 1. The van der Waals surface area contributed by atoms with Crippen LogP contribution in [0.3, 0.4) is 0 Å². The highest BCUT2D eigenvalue weighted by atomic mass is 32.2. The van der Waals surface area contributed by atoms with Gasteiger partial charge in [-0.2, -0.15) is 0 Å². The smallest absolute Gasteiger partial charge is 0.233 e. The first-order valence-corrected chi connectivity index (χ1v) is 10.4. The molecule has 2 aromatic rings. The summed E-state index contributed by atoms with van der Waals surface area (Å²) in [6, 6.07) is 6.40. The van der Waals surface area contributed by atoms with E-state index < -0.39 is 0 Å². The third-order valence-electron chi connectivity index (χ3n) is 5.03. The Balaban J connectivity index is 1.83. The van der Waals surface area contributed by atoms with E-state index in [1.165, 1.54) is 35.2 Å². The molecule has 8 heteroatoms. The second-order valence-corrected chi connectivity index (χ2v) is 8.12. The number of piperidine rings is 1. The van der Waals surface area contributed by atoms with E-state index in [1.54, 1.807) is 12.1 Å². The van der Waals surface area contributed by atoms with Crippen molar-refractivity contribution in [1.29, 1.82) is 0 Å². The number of benzene rings is 1. The standard InChI is InChI=1S/C19H26FN5OS/c1-14(23(2)3)18-21-22-19(25(18)16-9-7-15(20)8-10-16)27-13-17(26)24-11-5-4-6-12-24/h7-10,14H,4-6,11-13H2,1-3H3/p+1/t14-/m0/s1. The number of hydrogen-bond acceptors (Lipinski definition) is 4. The number of rotatable bonds is 6. The maximum atomic E-state index is 13.4. The maximum absolute atomic E-state index is 13.4. The third kappa shape index (κ3) is 4.68. The van der Waals surface area contributed by atoms with Crippen LogP contribution < -0.4 is 4.90 Å². The van der Waals surface area contributed by atoms with Crippen molar-refractivity contribution in [2.45, 2.75) is 37.4 Å². The molecule has 1 aromatic heterocycles. The maximum Gasteiger partial charge on any atom is 0.233 e. The molecule has 146 valence electrons. The van der Waals surface area contributed by atoms with Gasteiger partial charge in [-0.25, -0.2) is 4.39 Å². The van der Waals surface area contributed by atoms with Gasteiger partial charge < -0.3 is 9.80 Å². The molecule has 1 amide bonds. The Morgan fingerprint density at radius 2 is 1.85 bits per heavy atom. The Morgan fingerprint density at radius 3 is 2.48 bits per heavy atom. The van der Waals surface area contributed by atoms with Crippen LogP contribution in [0.4, 0.5) is 4.39 Å². The largest absolute Gasteiger partial charge is 0.342 e. The quantitative estimate of drug-likeness (QED) is 0.761. The first-order valence-electron chi connectivity index (χ1n) is 9.39. The SMILES string of the molecule is C[C@@H](c1nnc(SCC(=O)N2CCCCC2)n1-c1ccc(F)cc1)[NH+](C)C. The molecule has 6 nitrogen and oxygen atoms in total. The average molecular weight is 393 g/mol. The van der Waals surface area contributed by atoms with Gasteiger partial charge in [-0.15, -0.1) is 10.2 Å². The number of nitrogens with one attached hydrogen (secondary N) is 1. The summed E-state index contributed by atoms with van der Waals surface area (Å²) < 4.78 is 15.3. The normalized spacial score (nSPS) is 16.0. The molecular weight excluding hydrogens is 365 g/mol. The number of nitrogens with zero attached hydrogens (tertiary/aromatic N) is 4. The Kier molecular flexibility index (Phi) is 6.49. The molecule has 0 bridgehead atoms. The lowest BCUT2D eigenvalue weighted by atomic mass is 10.1. The van der Waals surface area contributed by atoms with Crippen molar-refractivity contribution < 1.29 is 14.1 Å². The zero-order valence-electron chi connectivity index (χ0n) is 16.1. The van der Waals surface area contributed by atoms with Gasteiger partial charge in [0.2, 0.25) is 5.91 Å². The number of amides is 1. The van der Waals surface area contributed by atoms with Crippen molar-refractivity contribution in [2.75, 3.05) is 32.9 Å². The molecule has 1 aliphatic rings. The van der Waals surface area contributed by atoms with Crippen LogP contribution in [-0.2, 0) is 4.79 Å². The van der Waals surface area contributed by atoms with Gasteiger partial charge in [0, 0.05) is 18.8 Å². The van der Waals surface area contributed by atoms with E-state index >= 15 is 0 Å². The number of halogens is 1. The fraction of sp³-hybridized carbons (Fsp3) is 0.526. The van der Waals surface area contributed by atoms with Crippen molar-refractivity contribution in [3.63, 3.8) is 0 Å².